The molecule has 7 heteroatoms. The van der Waals surface area contributed by atoms with Crippen LogP contribution < -0.4 is 0 Å². The number of nitrogens with one attached hydrogen (secondary N) is 1. The first-order valence-electron chi connectivity index (χ1n) is 5.89. The minimum Gasteiger partial charge on any atom is -0.480 e. The first kappa shape index (κ1) is 13.3. The molecule has 2 amide bonds. The molecule has 1 aromatic rings. The van der Waals surface area contributed by atoms with Crippen LogP contribution >= 0.6 is 0 Å². The molecule has 2 heterocycles. The van der Waals surface area contributed by atoms with Gasteiger partial charge in [-0.3, -0.25) is 14.5 Å². The zero-order chi connectivity index (χ0) is 14.2. The topological polar surface area (TPSA) is 103 Å². The lowest BCUT2D eigenvalue weighted by Gasteiger charge is -2.24. The van der Waals surface area contributed by atoms with Crippen molar-refractivity contribution in [2.24, 2.45) is 5.41 Å². The van der Waals surface area contributed by atoms with Crippen molar-refractivity contribution in [1.82, 2.24) is 14.9 Å². The van der Waals surface area contributed by atoms with E-state index in [1.54, 1.807) is 13.8 Å². The summed E-state index contributed by atoms with van der Waals surface area (Å²) in [6.07, 6.45) is 2.97. The summed E-state index contributed by atoms with van der Waals surface area (Å²) in [5.74, 6) is -2.08. The van der Waals surface area contributed by atoms with Crippen molar-refractivity contribution in [2.75, 3.05) is 0 Å². The van der Waals surface area contributed by atoms with Crippen LogP contribution in [0.25, 0.3) is 0 Å². The molecule has 1 aliphatic rings. The van der Waals surface area contributed by atoms with Gasteiger partial charge in [-0.05, 0) is 0 Å². The van der Waals surface area contributed by atoms with Gasteiger partial charge in [0.05, 0.1) is 11.7 Å². The van der Waals surface area contributed by atoms with Gasteiger partial charge in [0.2, 0.25) is 11.8 Å². The third-order valence-electron chi connectivity index (χ3n) is 3.22. The maximum Gasteiger partial charge on any atom is 0.327 e. The summed E-state index contributed by atoms with van der Waals surface area (Å²) in [5, 5.41) is 9.26. The molecule has 0 radical (unpaired) electrons. The Bertz CT molecular complexity index is 521. The van der Waals surface area contributed by atoms with Gasteiger partial charge in [0.1, 0.15) is 6.04 Å². The molecule has 0 aliphatic carbocycles. The van der Waals surface area contributed by atoms with Crippen molar-refractivity contribution in [3.8, 4) is 0 Å². The normalized spacial score (nSPS) is 19.8. The Kier molecular flexibility index (Phi) is 3.13. The Morgan fingerprint density at radius 3 is 2.68 bits per heavy atom. The molecule has 1 saturated heterocycles. The van der Waals surface area contributed by atoms with Gasteiger partial charge in [0.25, 0.3) is 0 Å². The Morgan fingerprint density at radius 2 is 2.26 bits per heavy atom. The number of carbonyl (C=O) groups is 3. The number of aromatic nitrogens is 2. The number of likely N-dealkylation sites (tertiary alicyclic amines) is 1. The summed E-state index contributed by atoms with van der Waals surface area (Å²) < 4.78 is 0. The fourth-order valence-electron chi connectivity index (χ4n) is 2.19. The SMILES string of the molecule is CC1(C)CC(=O)N(C(Cc2cnc[nH]2)C(=O)O)C1=O. The van der Waals surface area contributed by atoms with Crippen LogP contribution in [0.3, 0.4) is 0 Å². The zero-order valence-electron chi connectivity index (χ0n) is 10.7. The second kappa shape index (κ2) is 4.49. The average molecular weight is 265 g/mol. The highest BCUT2D eigenvalue weighted by atomic mass is 16.4. The third kappa shape index (κ3) is 2.35. The van der Waals surface area contributed by atoms with E-state index < -0.39 is 29.2 Å². The Morgan fingerprint density at radius 1 is 1.58 bits per heavy atom. The molecule has 2 N–H and O–H groups in total. The predicted octanol–water partition coefficient (Wildman–Crippen LogP) is 0.191. The molecule has 0 saturated carbocycles. The third-order valence-corrected chi connectivity index (χ3v) is 3.22. The van der Waals surface area contributed by atoms with Crippen molar-refractivity contribution >= 4 is 17.8 Å². The molecule has 0 aromatic carbocycles. The lowest BCUT2D eigenvalue weighted by Crippen LogP contribution is -2.47. The second-order valence-corrected chi connectivity index (χ2v) is 5.26. The minimum absolute atomic E-state index is 0.0306. The van der Waals surface area contributed by atoms with E-state index in [2.05, 4.69) is 9.97 Å². The molecule has 0 spiro atoms. The summed E-state index contributed by atoms with van der Waals surface area (Å²) in [4.78, 5) is 42.8. The molecule has 19 heavy (non-hydrogen) atoms. The predicted molar refractivity (Wildman–Crippen MR) is 64.0 cm³/mol. The van der Waals surface area contributed by atoms with Gasteiger partial charge in [0, 0.05) is 24.7 Å². The van der Waals surface area contributed by atoms with Crippen LogP contribution in [0.2, 0.25) is 0 Å². The van der Waals surface area contributed by atoms with Gasteiger partial charge in [-0.1, -0.05) is 13.8 Å². The number of carboxylic acid groups (broad SMARTS) is 1. The van der Waals surface area contributed by atoms with E-state index in [1.165, 1.54) is 12.5 Å². The maximum atomic E-state index is 12.1. The smallest absolute Gasteiger partial charge is 0.327 e. The molecule has 102 valence electrons. The highest BCUT2D eigenvalue weighted by Gasteiger charge is 2.49. The molecule has 1 fully saturated rings. The molecular weight excluding hydrogens is 250 g/mol. The molecule has 7 nitrogen and oxygen atoms in total. The zero-order valence-corrected chi connectivity index (χ0v) is 10.7. The molecule has 1 atom stereocenters. The minimum atomic E-state index is -1.20. The number of imidazole rings is 1. The van der Waals surface area contributed by atoms with Crippen LogP contribution in [0, 0.1) is 5.41 Å². The number of hydrogen-bond donors (Lipinski definition) is 2. The molecule has 1 aliphatic heterocycles. The number of aromatic amines is 1. The molecule has 1 aromatic heterocycles. The van der Waals surface area contributed by atoms with E-state index in [-0.39, 0.29) is 12.8 Å². The van der Waals surface area contributed by atoms with E-state index in [4.69, 9.17) is 0 Å². The largest absolute Gasteiger partial charge is 0.480 e. The van der Waals surface area contributed by atoms with Gasteiger partial charge in [-0.15, -0.1) is 0 Å². The lowest BCUT2D eigenvalue weighted by atomic mass is 9.92. The Balaban J connectivity index is 2.27. The Labute approximate surface area is 109 Å². The number of amides is 2. The molecular formula is C12H15N3O4. The summed E-state index contributed by atoms with van der Waals surface area (Å²) in [7, 11) is 0. The number of hydrogen-bond acceptors (Lipinski definition) is 4. The van der Waals surface area contributed by atoms with Crippen molar-refractivity contribution in [1.29, 1.82) is 0 Å². The van der Waals surface area contributed by atoms with Gasteiger partial charge >= 0.3 is 5.97 Å². The molecule has 0 bridgehead atoms. The number of carbonyl (C=O) groups excluding carboxylic acids is 2. The fourth-order valence-corrected chi connectivity index (χ4v) is 2.19. The van der Waals surface area contributed by atoms with Crippen molar-refractivity contribution in [2.45, 2.75) is 32.7 Å². The molecule has 2 rings (SSSR count). The van der Waals surface area contributed by atoms with Crippen molar-refractivity contribution in [3.63, 3.8) is 0 Å². The summed E-state index contributed by atoms with van der Waals surface area (Å²) in [6, 6.07) is -1.19. The van der Waals surface area contributed by atoms with E-state index in [1.807, 2.05) is 0 Å². The van der Waals surface area contributed by atoms with Crippen LogP contribution in [0.4, 0.5) is 0 Å². The first-order valence-corrected chi connectivity index (χ1v) is 5.89. The van der Waals surface area contributed by atoms with E-state index in [0.29, 0.717) is 5.69 Å². The van der Waals surface area contributed by atoms with Crippen molar-refractivity contribution < 1.29 is 19.5 Å². The maximum absolute atomic E-state index is 12.1. The van der Waals surface area contributed by atoms with Gasteiger partial charge in [-0.25, -0.2) is 9.78 Å². The molecule has 1 unspecified atom stereocenters. The summed E-state index contributed by atoms with van der Waals surface area (Å²) >= 11 is 0. The highest BCUT2D eigenvalue weighted by Crippen LogP contribution is 2.33. The van der Waals surface area contributed by atoms with E-state index in [0.717, 1.165) is 4.90 Å². The fraction of sp³-hybridized carbons (Fsp3) is 0.500. The Hall–Kier alpha value is -2.18. The van der Waals surface area contributed by atoms with Gasteiger partial charge < -0.3 is 10.1 Å². The van der Waals surface area contributed by atoms with Crippen LogP contribution in [0.1, 0.15) is 26.0 Å². The number of nitrogens with zero attached hydrogens (tertiary/aromatic N) is 2. The van der Waals surface area contributed by atoms with Crippen LogP contribution in [-0.2, 0) is 20.8 Å². The number of imide groups is 1. The summed E-state index contributed by atoms with van der Waals surface area (Å²) in [5.41, 5.74) is -0.267. The highest BCUT2D eigenvalue weighted by molar-refractivity contribution is 6.08. The monoisotopic (exact) mass is 265 g/mol. The van der Waals surface area contributed by atoms with Crippen LogP contribution in [0.5, 0.6) is 0 Å². The van der Waals surface area contributed by atoms with Crippen molar-refractivity contribution in [3.05, 3.63) is 18.2 Å². The number of H-pyrrole nitrogens is 1. The standard InChI is InChI=1S/C12H15N3O4/c1-12(2)4-9(16)15(11(12)19)8(10(17)18)3-7-5-13-6-14-7/h5-6,8H,3-4H2,1-2H3,(H,13,14)(H,17,18). The lowest BCUT2D eigenvalue weighted by molar-refractivity contribution is -0.155. The number of carboxylic acids is 1. The summed E-state index contributed by atoms with van der Waals surface area (Å²) in [6.45, 7) is 3.28. The van der Waals surface area contributed by atoms with Gasteiger partial charge in [0.15, 0.2) is 0 Å². The second-order valence-electron chi connectivity index (χ2n) is 5.26. The number of rotatable bonds is 4. The van der Waals surface area contributed by atoms with E-state index in [9.17, 15) is 19.5 Å². The van der Waals surface area contributed by atoms with Gasteiger partial charge in [-0.2, -0.15) is 0 Å². The van der Waals surface area contributed by atoms with E-state index >= 15 is 0 Å². The first-order chi connectivity index (χ1) is 8.83. The van der Waals surface area contributed by atoms with Crippen LogP contribution in [-0.4, -0.2) is 43.8 Å². The van der Waals surface area contributed by atoms with Crippen LogP contribution in [0.15, 0.2) is 12.5 Å². The quantitative estimate of drug-likeness (QED) is 0.756. The number of aliphatic carboxylic acids is 1. The average Bonchev–Trinajstić information content (AvgIpc) is 2.85.